The van der Waals surface area contributed by atoms with Gasteiger partial charge in [-0.25, -0.2) is 4.79 Å². The van der Waals surface area contributed by atoms with E-state index in [1.165, 1.54) is 16.7 Å². The first kappa shape index (κ1) is 14.0. The van der Waals surface area contributed by atoms with Crippen molar-refractivity contribution in [3.63, 3.8) is 0 Å². The summed E-state index contributed by atoms with van der Waals surface area (Å²) < 4.78 is 2.25. The lowest BCUT2D eigenvalue weighted by Crippen LogP contribution is -2.06. The Morgan fingerprint density at radius 3 is 2.33 bits per heavy atom. The molecular weight excluding hydrogens is 411 g/mol. The van der Waals surface area contributed by atoms with Crippen molar-refractivity contribution in [3.05, 3.63) is 48.7 Å². The molecule has 2 aromatic rings. The molecule has 0 aliphatic rings. The van der Waals surface area contributed by atoms with E-state index in [9.17, 15) is 4.79 Å². The third-order valence-electron chi connectivity index (χ3n) is 2.25. The van der Waals surface area contributed by atoms with E-state index >= 15 is 0 Å². The maximum atomic E-state index is 11.1. The first-order valence-corrected chi connectivity index (χ1v) is 6.87. The van der Waals surface area contributed by atoms with Crippen LogP contribution in [-0.4, -0.2) is 15.6 Å². The topological polar surface area (TPSA) is 42.2 Å². The van der Waals surface area contributed by atoms with Crippen LogP contribution in [0.4, 0.5) is 0 Å². The summed E-state index contributed by atoms with van der Waals surface area (Å²) in [5.74, 6) is -1.04. The van der Waals surface area contributed by atoms with E-state index < -0.39 is 5.97 Å². The summed E-state index contributed by atoms with van der Waals surface area (Å²) in [5.41, 5.74) is 0.589. The van der Waals surface area contributed by atoms with Crippen molar-refractivity contribution in [2.24, 2.45) is 0 Å². The minimum absolute atomic E-state index is 0.111. The van der Waals surface area contributed by atoms with Crippen LogP contribution in [0.5, 0.6) is 0 Å². The molecular formula is C11H5Cl3INO2. The van der Waals surface area contributed by atoms with E-state index in [0.29, 0.717) is 20.8 Å². The van der Waals surface area contributed by atoms with Crippen molar-refractivity contribution >= 4 is 63.4 Å². The molecule has 0 aliphatic heterocycles. The molecule has 0 atom stereocenters. The second-order valence-electron chi connectivity index (χ2n) is 3.44. The predicted octanol–water partition coefficient (Wildman–Crippen LogP) is 4.74. The zero-order chi connectivity index (χ0) is 13.4. The molecule has 0 saturated heterocycles. The minimum atomic E-state index is -1.04. The number of halogens is 4. The second-order valence-corrected chi connectivity index (χ2v) is 5.90. The minimum Gasteiger partial charge on any atom is -0.477 e. The van der Waals surface area contributed by atoms with Crippen LogP contribution in [0.1, 0.15) is 10.5 Å². The number of carboxylic acids is 1. The van der Waals surface area contributed by atoms with Gasteiger partial charge in [0, 0.05) is 9.77 Å². The van der Waals surface area contributed by atoms with Gasteiger partial charge in [0.1, 0.15) is 5.69 Å². The Bertz CT molecular complexity index is 639. The standard InChI is InChI=1S/C11H5Cl3INO2/c12-6-2-8(14)9(3-7(6)13)16-4-5(15)1-10(16)11(17)18/h1-4H,(H,17,18). The van der Waals surface area contributed by atoms with Crippen LogP contribution in [0, 0.1) is 3.57 Å². The molecule has 0 unspecified atom stereocenters. The fourth-order valence-corrected chi connectivity index (χ4v) is 2.70. The second kappa shape index (κ2) is 5.28. The maximum absolute atomic E-state index is 11.1. The number of carbonyl (C=O) groups is 1. The highest BCUT2D eigenvalue weighted by atomic mass is 127. The number of nitrogens with zero attached hydrogens (tertiary/aromatic N) is 1. The van der Waals surface area contributed by atoms with Crippen LogP contribution >= 0.6 is 57.4 Å². The molecule has 0 spiro atoms. The lowest BCUT2D eigenvalue weighted by Gasteiger charge is -2.09. The average molecular weight is 416 g/mol. The van der Waals surface area contributed by atoms with E-state index in [2.05, 4.69) is 0 Å². The molecule has 1 N–H and O–H groups in total. The summed E-state index contributed by atoms with van der Waals surface area (Å²) in [7, 11) is 0. The normalized spacial score (nSPS) is 10.7. The maximum Gasteiger partial charge on any atom is 0.352 e. The van der Waals surface area contributed by atoms with Crippen molar-refractivity contribution in [1.29, 1.82) is 0 Å². The molecule has 2 rings (SSSR count). The molecule has 1 aromatic heterocycles. The lowest BCUT2D eigenvalue weighted by molar-refractivity contribution is 0.0688. The smallest absolute Gasteiger partial charge is 0.352 e. The number of rotatable bonds is 2. The van der Waals surface area contributed by atoms with Crippen LogP contribution in [0.2, 0.25) is 15.1 Å². The van der Waals surface area contributed by atoms with Crippen LogP contribution in [-0.2, 0) is 0 Å². The molecule has 0 radical (unpaired) electrons. The van der Waals surface area contributed by atoms with E-state index in [1.807, 2.05) is 22.6 Å². The van der Waals surface area contributed by atoms with Crippen LogP contribution in [0.3, 0.4) is 0 Å². The van der Waals surface area contributed by atoms with Gasteiger partial charge in [-0.15, -0.1) is 0 Å². The van der Waals surface area contributed by atoms with E-state index in [-0.39, 0.29) is 5.69 Å². The quantitative estimate of drug-likeness (QED) is 0.568. The zero-order valence-electron chi connectivity index (χ0n) is 8.62. The van der Waals surface area contributed by atoms with Gasteiger partial charge in [-0.3, -0.25) is 0 Å². The molecule has 1 heterocycles. The molecule has 0 bridgehead atoms. The summed E-state index contributed by atoms with van der Waals surface area (Å²) in [5, 5.41) is 10.1. The molecule has 94 valence electrons. The number of carboxylic acid groups (broad SMARTS) is 1. The molecule has 0 saturated carbocycles. The molecule has 0 aliphatic carbocycles. The summed E-state index contributed by atoms with van der Waals surface area (Å²) in [6, 6.07) is 4.57. The number of benzene rings is 1. The molecule has 3 nitrogen and oxygen atoms in total. The Kier molecular flexibility index (Phi) is 4.11. The van der Waals surface area contributed by atoms with Crippen LogP contribution in [0.25, 0.3) is 5.69 Å². The van der Waals surface area contributed by atoms with Gasteiger partial charge in [-0.2, -0.15) is 0 Å². The third kappa shape index (κ3) is 2.61. The molecule has 0 amide bonds. The highest BCUT2D eigenvalue weighted by molar-refractivity contribution is 14.1. The number of aromatic carboxylic acids is 1. The Balaban J connectivity index is 2.69. The van der Waals surface area contributed by atoms with Crippen molar-refractivity contribution in [1.82, 2.24) is 4.57 Å². The Hall–Kier alpha value is -0.430. The zero-order valence-corrected chi connectivity index (χ0v) is 13.0. The van der Waals surface area contributed by atoms with Gasteiger partial charge in [0.2, 0.25) is 0 Å². The van der Waals surface area contributed by atoms with Crippen LogP contribution < -0.4 is 0 Å². The largest absolute Gasteiger partial charge is 0.477 e. The van der Waals surface area contributed by atoms with Gasteiger partial charge >= 0.3 is 5.97 Å². The first-order valence-electron chi connectivity index (χ1n) is 4.66. The van der Waals surface area contributed by atoms with Crippen molar-refractivity contribution in [2.75, 3.05) is 0 Å². The first-order chi connectivity index (χ1) is 8.40. The lowest BCUT2D eigenvalue weighted by atomic mass is 10.3. The number of aromatic nitrogens is 1. The molecule has 7 heteroatoms. The Morgan fingerprint density at radius 2 is 1.72 bits per heavy atom. The fourth-order valence-electron chi connectivity index (χ4n) is 1.49. The molecule has 0 fully saturated rings. The highest BCUT2D eigenvalue weighted by Crippen LogP contribution is 2.32. The highest BCUT2D eigenvalue weighted by Gasteiger charge is 2.16. The van der Waals surface area contributed by atoms with Gasteiger partial charge in [-0.05, 0) is 40.8 Å². The summed E-state index contributed by atoms with van der Waals surface area (Å²) in [6.45, 7) is 0. The summed E-state index contributed by atoms with van der Waals surface area (Å²) in [4.78, 5) is 11.1. The van der Waals surface area contributed by atoms with Crippen molar-refractivity contribution in [2.45, 2.75) is 0 Å². The van der Waals surface area contributed by atoms with E-state index in [0.717, 1.165) is 3.57 Å². The molecule has 18 heavy (non-hydrogen) atoms. The van der Waals surface area contributed by atoms with Gasteiger partial charge in [0.05, 0.1) is 20.8 Å². The fraction of sp³-hybridized carbons (Fsp3) is 0. The van der Waals surface area contributed by atoms with Gasteiger partial charge < -0.3 is 9.67 Å². The SMILES string of the molecule is O=C(O)c1cc(I)cn1-c1cc(Cl)c(Cl)cc1Cl. The van der Waals surface area contributed by atoms with Crippen molar-refractivity contribution in [3.8, 4) is 5.69 Å². The van der Waals surface area contributed by atoms with Gasteiger partial charge in [-0.1, -0.05) is 34.8 Å². The van der Waals surface area contributed by atoms with E-state index in [1.54, 1.807) is 12.3 Å². The van der Waals surface area contributed by atoms with Crippen molar-refractivity contribution < 1.29 is 9.90 Å². The average Bonchev–Trinajstić information content (AvgIpc) is 2.65. The number of hydrogen-bond donors (Lipinski definition) is 1. The molecule has 1 aromatic carbocycles. The number of hydrogen-bond acceptors (Lipinski definition) is 1. The monoisotopic (exact) mass is 415 g/mol. The Morgan fingerprint density at radius 1 is 1.11 bits per heavy atom. The summed E-state index contributed by atoms with van der Waals surface area (Å²) in [6.07, 6.45) is 1.66. The van der Waals surface area contributed by atoms with Crippen LogP contribution in [0.15, 0.2) is 24.4 Å². The third-order valence-corrected chi connectivity index (χ3v) is 3.87. The summed E-state index contributed by atoms with van der Waals surface area (Å²) >= 11 is 19.8. The van der Waals surface area contributed by atoms with Gasteiger partial charge in [0.25, 0.3) is 0 Å². The van der Waals surface area contributed by atoms with E-state index in [4.69, 9.17) is 39.9 Å². The van der Waals surface area contributed by atoms with Gasteiger partial charge in [0.15, 0.2) is 0 Å². The predicted molar refractivity (Wildman–Crippen MR) is 80.5 cm³/mol. The Labute approximate surface area is 131 Å².